The smallest absolute Gasteiger partial charge is 0.225 e. The fraction of sp³-hybridized carbons (Fsp3) is 0.316. The minimum absolute atomic E-state index is 0.0538. The second kappa shape index (κ2) is 7.13. The van der Waals surface area contributed by atoms with Crippen molar-refractivity contribution >= 4 is 5.91 Å². The Morgan fingerprint density at radius 3 is 2.88 bits per heavy atom. The van der Waals surface area contributed by atoms with Crippen LogP contribution in [0.2, 0.25) is 0 Å². The van der Waals surface area contributed by atoms with Crippen LogP contribution in [0.15, 0.2) is 55.0 Å². The van der Waals surface area contributed by atoms with Crippen LogP contribution < -0.4 is 10.6 Å². The zero-order valence-electron chi connectivity index (χ0n) is 14.7. The number of rotatable bonds is 5. The lowest BCUT2D eigenvalue weighted by Gasteiger charge is -2.16. The van der Waals surface area contributed by atoms with Crippen molar-refractivity contribution in [2.75, 3.05) is 13.1 Å². The molecule has 26 heavy (non-hydrogen) atoms. The summed E-state index contributed by atoms with van der Waals surface area (Å²) in [5.74, 6) is 0.124. The number of benzene rings is 1. The van der Waals surface area contributed by atoms with Gasteiger partial charge < -0.3 is 10.6 Å². The molecule has 2 atom stereocenters. The molecular formula is C19H22N6O. The number of carbonyl (C=O) groups excluding carboxylic acids is 1. The SMILES string of the molecule is Cn1cc([C@H]2CNC[C@@H]2C(=O)NCc2ccn(-c3ccccc3)n2)cn1. The molecule has 2 N–H and O–H groups in total. The van der Waals surface area contributed by atoms with Gasteiger partial charge in [0, 0.05) is 38.4 Å². The molecule has 1 aliphatic rings. The van der Waals surface area contributed by atoms with E-state index in [4.69, 9.17) is 0 Å². The topological polar surface area (TPSA) is 76.8 Å². The van der Waals surface area contributed by atoms with Crippen LogP contribution in [0.3, 0.4) is 0 Å². The molecule has 3 heterocycles. The molecule has 2 aromatic heterocycles. The maximum absolute atomic E-state index is 12.7. The summed E-state index contributed by atoms with van der Waals surface area (Å²) in [5, 5.41) is 15.1. The second-order valence-electron chi connectivity index (χ2n) is 6.62. The Hall–Kier alpha value is -2.93. The molecule has 0 radical (unpaired) electrons. The van der Waals surface area contributed by atoms with Gasteiger partial charge in [-0.2, -0.15) is 10.2 Å². The van der Waals surface area contributed by atoms with Gasteiger partial charge in [-0.05, 0) is 23.8 Å². The van der Waals surface area contributed by atoms with E-state index in [1.807, 2.05) is 66.7 Å². The van der Waals surface area contributed by atoms with Crippen LogP contribution >= 0.6 is 0 Å². The van der Waals surface area contributed by atoms with E-state index >= 15 is 0 Å². The van der Waals surface area contributed by atoms with E-state index in [0.717, 1.165) is 23.5 Å². The maximum atomic E-state index is 12.7. The van der Waals surface area contributed by atoms with Gasteiger partial charge in [-0.1, -0.05) is 18.2 Å². The zero-order chi connectivity index (χ0) is 17.9. The molecule has 1 aromatic carbocycles. The van der Waals surface area contributed by atoms with E-state index in [2.05, 4.69) is 20.8 Å². The van der Waals surface area contributed by atoms with Crippen LogP contribution in [-0.4, -0.2) is 38.6 Å². The number of nitrogens with one attached hydrogen (secondary N) is 2. The molecule has 1 fully saturated rings. The van der Waals surface area contributed by atoms with Crippen LogP contribution in [0.1, 0.15) is 17.2 Å². The standard InChI is InChI=1S/C19H22N6O/c1-24-13-14(9-22-24)17-11-20-12-18(17)19(26)21-10-15-7-8-25(23-15)16-5-3-2-4-6-16/h2-9,13,17-18,20H,10-12H2,1H3,(H,21,26)/t17-,18+/m1/s1. The number of aromatic nitrogens is 4. The summed E-state index contributed by atoms with van der Waals surface area (Å²) < 4.78 is 3.59. The van der Waals surface area contributed by atoms with E-state index < -0.39 is 0 Å². The summed E-state index contributed by atoms with van der Waals surface area (Å²) in [6.45, 7) is 1.91. The Bertz CT molecular complexity index is 884. The van der Waals surface area contributed by atoms with Crippen molar-refractivity contribution in [3.63, 3.8) is 0 Å². The second-order valence-corrected chi connectivity index (χ2v) is 6.62. The van der Waals surface area contributed by atoms with Crippen molar-refractivity contribution in [3.05, 3.63) is 66.2 Å². The monoisotopic (exact) mass is 350 g/mol. The lowest BCUT2D eigenvalue weighted by Crippen LogP contribution is -2.34. The van der Waals surface area contributed by atoms with Crippen LogP contribution in [0.4, 0.5) is 0 Å². The lowest BCUT2D eigenvalue weighted by molar-refractivity contribution is -0.125. The number of nitrogens with zero attached hydrogens (tertiary/aromatic N) is 4. The summed E-state index contributed by atoms with van der Waals surface area (Å²) in [6.07, 6.45) is 5.74. The van der Waals surface area contributed by atoms with Crippen LogP contribution in [0.25, 0.3) is 5.69 Å². The lowest BCUT2D eigenvalue weighted by atomic mass is 9.90. The number of aryl methyl sites for hydroxylation is 1. The molecule has 0 saturated carbocycles. The molecule has 134 valence electrons. The molecule has 3 aromatic rings. The molecule has 1 aliphatic heterocycles. The number of para-hydroxylation sites is 1. The Labute approximate surface area is 152 Å². The van der Waals surface area contributed by atoms with Crippen molar-refractivity contribution in [2.24, 2.45) is 13.0 Å². The molecule has 0 unspecified atom stereocenters. The predicted octanol–water partition coefficient (Wildman–Crippen LogP) is 1.23. The molecule has 0 aliphatic carbocycles. The molecule has 0 bridgehead atoms. The maximum Gasteiger partial charge on any atom is 0.225 e. The highest BCUT2D eigenvalue weighted by molar-refractivity contribution is 5.80. The van der Waals surface area contributed by atoms with Gasteiger partial charge in [0.05, 0.1) is 30.0 Å². The first-order valence-corrected chi connectivity index (χ1v) is 8.77. The Morgan fingerprint density at radius 2 is 2.12 bits per heavy atom. The number of amides is 1. The average Bonchev–Trinajstić information content (AvgIpc) is 3.40. The molecule has 7 heteroatoms. The average molecular weight is 350 g/mol. The van der Waals surface area contributed by atoms with Gasteiger partial charge in [0.2, 0.25) is 5.91 Å². The fourth-order valence-corrected chi connectivity index (χ4v) is 3.43. The number of hydrogen-bond acceptors (Lipinski definition) is 4. The van der Waals surface area contributed by atoms with Gasteiger partial charge in [0.1, 0.15) is 0 Å². The van der Waals surface area contributed by atoms with E-state index in [0.29, 0.717) is 13.1 Å². The van der Waals surface area contributed by atoms with Crippen molar-refractivity contribution in [2.45, 2.75) is 12.5 Å². The normalized spacial score (nSPS) is 19.6. The minimum atomic E-state index is -0.0876. The molecule has 4 rings (SSSR count). The Morgan fingerprint density at radius 1 is 1.27 bits per heavy atom. The fourth-order valence-electron chi connectivity index (χ4n) is 3.43. The molecular weight excluding hydrogens is 328 g/mol. The van der Waals surface area contributed by atoms with Crippen LogP contribution in [0, 0.1) is 5.92 Å². The highest BCUT2D eigenvalue weighted by Gasteiger charge is 2.34. The summed E-state index contributed by atoms with van der Waals surface area (Å²) in [4.78, 5) is 12.7. The van der Waals surface area contributed by atoms with E-state index in [-0.39, 0.29) is 17.7 Å². The summed E-state index contributed by atoms with van der Waals surface area (Å²) in [6, 6.07) is 11.9. The van der Waals surface area contributed by atoms with Gasteiger partial charge in [0.25, 0.3) is 0 Å². The number of hydrogen-bond donors (Lipinski definition) is 2. The van der Waals surface area contributed by atoms with Gasteiger partial charge in [0.15, 0.2) is 0 Å². The van der Waals surface area contributed by atoms with Crippen molar-refractivity contribution in [1.82, 2.24) is 30.2 Å². The van der Waals surface area contributed by atoms with Gasteiger partial charge in [-0.3, -0.25) is 9.48 Å². The van der Waals surface area contributed by atoms with Gasteiger partial charge >= 0.3 is 0 Å². The van der Waals surface area contributed by atoms with E-state index in [1.54, 1.807) is 4.68 Å². The third kappa shape index (κ3) is 3.39. The van der Waals surface area contributed by atoms with E-state index in [9.17, 15) is 4.79 Å². The molecule has 1 amide bonds. The first-order valence-electron chi connectivity index (χ1n) is 8.77. The van der Waals surface area contributed by atoms with Gasteiger partial charge in [-0.25, -0.2) is 4.68 Å². The summed E-state index contributed by atoms with van der Waals surface area (Å²) >= 11 is 0. The first kappa shape index (κ1) is 16.5. The van der Waals surface area contributed by atoms with Gasteiger partial charge in [-0.15, -0.1) is 0 Å². The summed E-state index contributed by atoms with van der Waals surface area (Å²) in [7, 11) is 1.89. The quantitative estimate of drug-likeness (QED) is 0.726. The largest absolute Gasteiger partial charge is 0.350 e. The Balaban J connectivity index is 1.39. The van der Waals surface area contributed by atoms with Crippen molar-refractivity contribution in [1.29, 1.82) is 0 Å². The number of carbonyl (C=O) groups is 1. The molecule has 1 saturated heterocycles. The highest BCUT2D eigenvalue weighted by Crippen LogP contribution is 2.27. The summed E-state index contributed by atoms with van der Waals surface area (Å²) in [5.41, 5.74) is 2.94. The van der Waals surface area contributed by atoms with Crippen LogP contribution in [0.5, 0.6) is 0 Å². The van der Waals surface area contributed by atoms with Crippen molar-refractivity contribution < 1.29 is 4.79 Å². The first-order chi connectivity index (χ1) is 12.7. The van der Waals surface area contributed by atoms with Crippen molar-refractivity contribution in [3.8, 4) is 5.69 Å². The predicted molar refractivity (Wildman–Crippen MR) is 97.7 cm³/mol. The Kier molecular flexibility index (Phi) is 4.53. The third-order valence-corrected chi connectivity index (χ3v) is 4.81. The molecule has 0 spiro atoms. The van der Waals surface area contributed by atoms with Crippen LogP contribution in [-0.2, 0) is 18.4 Å². The molecule has 7 nitrogen and oxygen atoms in total. The highest BCUT2D eigenvalue weighted by atomic mass is 16.1. The minimum Gasteiger partial charge on any atom is -0.350 e. The third-order valence-electron chi connectivity index (χ3n) is 4.81. The van der Waals surface area contributed by atoms with E-state index in [1.165, 1.54) is 0 Å². The zero-order valence-corrected chi connectivity index (χ0v) is 14.7.